The SMILES string of the molecule is CCOc1ccc([C@@H](C(=O)NC2CCCCC2)N(C(=O)c2snc(C(N)=O)c2N)c2cc(C)cc(C)c2)cc1. The number of aryl methyl sites for hydroxylation is 2. The zero-order chi connectivity index (χ0) is 28.1. The van der Waals surface area contributed by atoms with Crippen LogP contribution in [0.3, 0.4) is 0 Å². The third-order valence-electron chi connectivity index (χ3n) is 6.82. The van der Waals surface area contributed by atoms with Gasteiger partial charge in [0.1, 0.15) is 16.7 Å². The first-order valence-electron chi connectivity index (χ1n) is 13.2. The molecule has 3 amide bonds. The maximum absolute atomic E-state index is 14.3. The van der Waals surface area contributed by atoms with Crippen LogP contribution in [0.2, 0.25) is 0 Å². The number of nitrogens with two attached hydrogens (primary N) is 2. The van der Waals surface area contributed by atoms with Crippen molar-refractivity contribution in [2.75, 3.05) is 17.2 Å². The molecule has 1 aromatic heterocycles. The van der Waals surface area contributed by atoms with Crippen LogP contribution in [0, 0.1) is 13.8 Å². The molecule has 0 radical (unpaired) electrons. The molecule has 5 N–H and O–H groups in total. The zero-order valence-electron chi connectivity index (χ0n) is 22.5. The fourth-order valence-corrected chi connectivity index (χ4v) is 5.81. The number of carbonyl (C=O) groups excluding carboxylic acids is 3. The number of rotatable bonds is 9. The van der Waals surface area contributed by atoms with E-state index < -0.39 is 17.9 Å². The summed E-state index contributed by atoms with van der Waals surface area (Å²) in [7, 11) is 0. The van der Waals surface area contributed by atoms with Crippen molar-refractivity contribution in [3.8, 4) is 5.75 Å². The number of hydrogen-bond donors (Lipinski definition) is 3. The number of hydrogen-bond acceptors (Lipinski definition) is 7. The van der Waals surface area contributed by atoms with Gasteiger partial charge >= 0.3 is 0 Å². The van der Waals surface area contributed by atoms with E-state index >= 15 is 0 Å². The molecule has 0 spiro atoms. The van der Waals surface area contributed by atoms with E-state index in [2.05, 4.69) is 9.69 Å². The Balaban J connectivity index is 1.86. The first kappa shape index (κ1) is 28.1. The van der Waals surface area contributed by atoms with Crippen LogP contribution in [0.1, 0.15) is 81.9 Å². The van der Waals surface area contributed by atoms with E-state index in [1.165, 1.54) is 4.90 Å². The summed E-state index contributed by atoms with van der Waals surface area (Å²) in [6.45, 7) is 6.26. The van der Waals surface area contributed by atoms with Gasteiger partial charge in [0.25, 0.3) is 11.8 Å². The molecule has 9 nitrogen and oxygen atoms in total. The Morgan fingerprint density at radius 3 is 2.28 bits per heavy atom. The summed E-state index contributed by atoms with van der Waals surface area (Å²) < 4.78 is 9.64. The van der Waals surface area contributed by atoms with Gasteiger partial charge in [0.05, 0.1) is 12.3 Å². The molecule has 1 heterocycles. The van der Waals surface area contributed by atoms with Gasteiger partial charge in [0.15, 0.2) is 5.69 Å². The van der Waals surface area contributed by atoms with E-state index in [9.17, 15) is 14.4 Å². The van der Waals surface area contributed by atoms with Crippen LogP contribution in [0.4, 0.5) is 11.4 Å². The molecule has 1 aliphatic carbocycles. The number of nitrogen functional groups attached to an aromatic ring is 1. The molecule has 0 bridgehead atoms. The number of nitrogens with one attached hydrogen (secondary N) is 1. The average molecular weight is 550 g/mol. The van der Waals surface area contributed by atoms with Crippen molar-refractivity contribution < 1.29 is 19.1 Å². The van der Waals surface area contributed by atoms with Crippen LogP contribution in [0.5, 0.6) is 5.75 Å². The molecule has 39 heavy (non-hydrogen) atoms. The highest BCUT2D eigenvalue weighted by Crippen LogP contribution is 2.35. The van der Waals surface area contributed by atoms with Gasteiger partial charge in [-0.1, -0.05) is 37.5 Å². The monoisotopic (exact) mass is 549 g/mol. The van der Waals surface area contributed by atoms with Crippen molar-refractivity contribution in [2.45, 2.75) is 65.0 Å². The van der Waals surface area contributed by atoms with Crippen LogP contribution >= 0.6 is 11.5 Å². The Labute approximate surface area is 232 Å². The lowest BCUT2D eigenvalue weighted by Gasteiger charge is -2.33. The minimum atomic E-state index is -1.02. The molecule has 206 valence electrons. The first-order valence-corrected chi connectivity index (χ1v) is 14.0. The highest BCUT2D eigenvalue weighted by atomic mass is 32.1. The second kappa shape index (κ2) is 12.3. The molecule has 3 aromatic rings. The van der Waals surface area contributed by atoms with E-state index in [0.717, 1.165) is 54.8 Å². The second-order valence-corrected chi connectivity index (χ2v) is 10.7. The van der Waals surface area contributed by atoms with Crippen molar-refractivity contribution in [3.05, 3.63) is 69.7 Å². The molecule has 1 aliphatic rings. The second-order valence-electron chi connectivity index (χ2n) is 9.91. The highest BCUT2D eigenvalue weighted by Gasteiger charge is 2.37. The van der Waals surface area contributed by atoms with Gasteiger partial charge in [0, 0.05) is 11.7 Å². The summed E-state index contributed by atoms with van der Waals surface area (Å²) in [6.07, 6.45) is 5.03. The van der Waals surface area contributed by atoms with Crippen LogP contribution in [0.15, 0.2) is 42.5 Å². The fraction of sp³-hybridized carbons (Fsp3) is 0.379. The van der Waals surface area contributed by atoms with E-state index in [1.54, 1.807) is 24.3 Å². The normalized spacial score (nSPS) is 14.4. The largest absolute Gasteiger partial charge is 0.494 e. The van der Waals surface area contributed by atoms with E-state index in [0.29, 0.717) is 23.6 Å². The molecule has 2 aromatic carbocycles. The Bertz CT molecular complexity index is 1330. The molecular weight excluding hydrogens is 514 g/mol. The summed E-state index contributed by atoms with van der Waals surface area (Å²) in [4.78, 5) is 41.7. The van der Waals surface area contributed by atoms with Gasteiger partial charge < -0.3 is 21.5 Å². The topological polar surface area (TPSA) is 141 Å². The van der Waals surface area contributed by atoms with Crippen LogP contribution in [0.25, 0.3) is 0 Å². The molecule has 0 unspecified atom stereocenters. The van der Waals surface area contributed by atoms with Crippen molar-refractivity contribution in [2.24, 2.45) is 5.73 Å². The number of aromatic nitrogens is 1. The van der Waals surface area contributed by atoms with Gasteiger partial charge in [-0.25, -0.2) is 0 Å². The third-order valence-corrected chi connectivity index (χ3v) is 7.67. The Morgan fingerprint density at radius 2 is 1.72 bits per heavy atom. The standard InChI is InChI=1S/C29H35N5O4S/c1-4-38-22-12-10-19(11-13-22)25(28(36)32-20-8-6-5-7-9-20)34(21-15-17(2)14-18(3)16-21)29(37)26-23(30)24(27(31)35)33-39-26/h10-16,20,25H,4-9,30H2,1-3H3,(H2,31,35)(H,32,36)/t25-/m0/s1. The fourth-order valence-electron chi connectivity index (χ4n) is 5.07. The maximum atomic E-state index is 14.3. The minimum absolute atomic E-state index is 0.0302. The summed E-state index contributed by atoms with van der Waals surface area (Å²) in [6, 6.07) is 11.9. The lowest BCUT2D eigenvalue weighted by molar-refractivity contribution is -0.123. The highest BCUT2D eigenvalue weighted by molar-refractivity contribution is 7.09. The number of nitrogens with zero attached hydrogens (tertiary/aromatic N) is 2. The lowest BCUT2D eigenvalue weighted by atomic mass is 9.94. The van der Waals surface area contributed by atoms with Gasteiger partial charge in [-0.2, -0.15) is 4.37 Å². The smallest absolute Gasteiger partial charge is 0.273 e. The Morgan fingerprint density at radius 1 is 1.08 bits per heavy atom. The molecule has 1 fully saturated rings. The van der Waals surface area contributed by atoms with E-state index in [1.807, 2.05) is 39.0 Å². The molecular formula is C29H35N5O4S. The molecule has 1 atom stereocenters. The van der Waals surface area contributed by atoms with E-state index in [4.69, 9.17) is 16.2 Å². The number of anilines is 2. The molecule has 4 rings (SSSR count). The molecule has 1 saturated carbocycles. The predicted octanol–water partition coefficient (Wildman–Crippen LogP) is 4.68. The Hall–Kier alpha value is -3.92. The zero-order valence-corrected chi connectivity index (χ0v) is 23.3. The summed E-state index contributed by atoms with van der Waals surface area (Å²) >= 11 is 0.794. The van der Waals surface area contributed by atoms with Crippen molar-refractivity contribution in [1.29, 1.82) is 0 Å². The van der Waals surface area contributed by atoms with Crippen LogP contribution < -0.4 is 26.4 Å². The van der Waals surface area contributed by atoms with Gasteiger partial charge in [-0.3, -0.25) is 19.3 Å². The molecule has 0 aliphatic heterocycles. The van der Waals surface area contributed by atoms with Gasteiger partial charge in [-0.15, -0.1) is 0 Å². The molecule has 10 heteroatoms. The number of benzene rings is 2. The summed E-state index contributed by atoms with van der Waals surface area (Å²) in [5.74, 6) is -0.995. The average Bonchev–Trinajstić information content (AvgIpc) is 3.29. The van der Waals surface area contributed by atoms with Crippen LogP contribution in [-0.4, -0.2) is 34.7 Å². The number of amides is 3. The lowest BCUT2D eigenvalue weighted by Crippen LogP contribution is -2.47. The van der Waals surface area contributed by atoms with Crippen molar-refractivity contribution in [1.82, 2.24) is 9.69 Å². The maximum Gasteiger partial charge on any atom is 0.273 e. The predicted molar refractivity (Wildman–Crippen MR) is 153 cm³/mol. The quantitative estimate of drug-likeness (QED) is 0.354. The van der Waals surface area contributed by atoms with Gasteiger partial charge in [0.2, 0.25) is 5.91 Å². The Kier molecular flexibility index (Phi) is 8.86. The summed E-state index contributed by atoms with van der Waals surface area (Å²) in [5, 5.41) is 3.20. The minimum Gasteiger partial charge on any atom is -0.494 e. The van der Waals surface area contributed by atoms with Crippen molar-refractivity contribution >= 4 is 40.6 Å². The van der Waals surface area contributed by atoms with E-state index in [-0.39, 0.29) is 28.2 Å². The van der Waals surface area contributed by atoms with Gasteiger partial charge in [-0.05, 0) is 86.1 Å². The van der Waals surface area contributed by atoms with Crippen molar-refractivity contribution in [3.63, 3.8) is 0 Å². The number of primary amides is 1. The first-order chi connectivity index (χ1) is 18.7. The third kappa shape index (κ3) is 6.39. The summed E-state index contributed by atoms with van der Waals surface area (Å²) in [5.41, 5.74) is 14.3. The van der Waals surface area contributed by atoms with Crippen LogP contribution in [-0.2, 0) is 4.79 Å². The number of ether oxygens (including phenoxy) is 1. The number of carbonyl (C=O) groups is 3. The molecule has 0 saturated heterocycles.